The smallest absolute Gasteiger partial charge is 0.147 e. The quantitative estimate of drug-likeness (QED) is 0.800. The molecule has 0 saturated heterocycles. The Morgan fingerprint density at radius 3 is 2.63 bits per heavy atom. The molecule has 0 radical (unpaired) electrons. The van der Waals surface area contributed by atoms with E-state index in [0.717, 1.165) is 31.0 Å². The molecule has 2 rings (SSSR count). The number of hydrogen-bond acceptors (Lipinski definition) is 4. The van der Waals surface area contributed by atoms with E-state index in [1.165, 1.54) is 32.1 Å². The van der Waals surface area contributed by atoms with Crippen molar-refractivity contribution in [3.05, 3.63) is 18.1 Å². The lowest BCUT2D eigenvalue weighted by Gasteiger charge is -2.31. The number of nitrogens with zero attached hydrogens (tertiary/aromatic N) is 3. The Balaban J connectivity index is 1.89. The van der Waals surface area contributed by atoms with Gasteiger partial charge in [-0.1, -0.05) is 26.2 Å². The minimum atomic E-state index is 0.645. The summed E-state index contributed by atoms with van der Waals surface area (Å²) in [6, 6.07) is 0.645. The van der Waals surface area contributed by atoms with Gasteiger partial charge in [-0.15, -0.1) is 0 Å². The fraction of sp³-hybridized carbons (Fsp3) is 0.733. The summed E-state index contributed by atoms with van der Waals surface area (Å²) >= 11 is 0. The molecule has 1 saturated carbocycles. The summed E-state index contributed by atoms with van der Waals surface area (Å²) in [5, 5.41) is 3.35. The zero-order valence-corrected chi connectivity index (χ0v) is 12.2. The van der Waals surface area contributed by atoms with Crippen molar-refractivity contribution < 1.29 is 0 Å². The van der Waals surface area contributed by atoms with Crippen molar-refractivity contribution in [1.82, 2.24) is 15.3 Å². The summed E-state index contributed by atoms with van der Waals surface area (Å²) < 4.78 is 0. The number of anilines is 1. The lowest BCUT2D eigenvalue weighted by molar-refractivity contribution is 0.425. The Hall–Kier alpha value is -1.16. The molecule has 0 atom stereocenters. The van der Waals surface area contributed by atoms with Crippen LogP contribution in [-0.4, -0.2) is 29.6 Å². The first kappa shape index (κ1) is 14.3. The first-order valence-corrected chi connectivity index (χ1v) is 7.55. The molecule has 1 heterocycles. The van der Waals surface area contributed by atoms with Crippen LogP contribution in [0.5, 0.6) is 0 Å². The SMILES string of the molecule is CCCNCc1cnc(N(C)C2CCCCC2)cn1. The predicted molar refractivity (Wildman–Crippen MR) is 79.3 cm³/mol. The second kappa shape index (κ2) is 7.43. The summed E-state index contributed by atoms with van der Waals surface area (Å²) in [7, 11) is 2.15. The highest BCUT2D eigenvalue weighted by Gasteiger charge is 2.19. The minimum Gasteiger partial charge on any atom is -0.355 e. The first-order valence-electron chi connectivity index (χ1n) is 7.55. The van der Waals surface area contributed by atoms with Crippen molar-refractivity contribution in [1.29, 1.82) is 0 Å². The topological polar surface area (TPSA) is 41.1 Å². The van der Waals surface area contributed by atoms with E-state index >= 15 is 0 Å². The zero-order chi connectivity index (χ0) is 13.5. The van der Waals surface area contributed by atoms with Crippen LogP contribution in [0.15, 0.2) is 12.4 Å². The molecular formula is C15H26N4. The number of nitrogens with one attached hydrogen (secondary N) is 1. The van der Waals surface area contributed by atoms with Crippen molar-refractivity contribution in [3.63, 3.8) is 0 Å². The van der Waals surface area contributed by atoms with Gasteiger partial charge in [0.25, 0.3) is 0 Å². The van der Waals surface area contributed by atoms with E-state index < -0.39 is 0 Å². The molecule has 1 fully saturated rings. The van der Waals surface area contributed by atoms with Gasteiger partial charge in [-0.05, 0) is 25.8 Å². The van der Waals surface area contributed by atoms with Crippen LogP contribution in [0.2, 0.25) is 0 Å². The molecule has 19 heavy (non-hydrogen) atoms. The van der Waals surface area contributed by atoms with Crippen LogP contribution in [0, 0.1) is 0 Å². The molecule has 4 heteroatoms. The molecule has 0 aliphatic heterocycles. The van der Waals surface area contributed by atoms with Gasteiger partial charge in [-0.2, -0.15) is 0 Å². The second-order valence-corrected chi connectivity index (χ2v) is 5.45. The van der Waals surface area contributed by atoms with E-state index in [1.54, 1.807) is 0 Å². The standard InChI is InChI=1S/C15H26N4/c1-3-9-16-10-13-11-18-15(12-17-13)19(2)14-7-5-4-6-8-14/h11-12,14,16H,3-10H2,1-2H3. The van der Waals surface area contributed by atoms with Crippen LogP contribution in [0.3, 0.4) is 0 Å². The van der Waals surface area contributed by atoms with Gasteiger partial charge < -0.3 is 10.2 Å². The minimum absolute atomic E-state index is 0.645. The van der Waals surface area contributed by atoms with Crippen molar-refractivity contribution >= 4 is 5.82 Å². The highest BCUT2D eigenvalue weighted by Crippen LogP contribution is 2.24. The average molecular weight is 262 g/mol. The number of rotatable bonds is 6. The lowest BCUT2D eigenvalue weighted by atomic mass is 9.94. The maximum Gasteiger partial charge on any atom is 0.147 e. The third-order valence-electron chi connectivity index (χ3n) is 3.91. The molecule has 0 bridgehead atoms. The summed E-state index contributed by atoms with van der Waals surface area (Å²) in [6.07, 6.45) is 11.6. The molecule has 1 aromatic rings. The first-order chi connectivity index (χ1) is 9.31. The van der Waals surface area contributed by atoms with Crippen LogP contribution < -0.4 is 10.2 Å². The fourth-order valence-corrected chi connectivity index (χ4v) is 2.67. The molecular weight excluding hydrogens is 236 g/mol. The third-order valence-corrected chi connectivity index (χ3v) is 3.91. The predicted octanol–water partition coefficient (Wildman–Crippen LogP) is 2.75. The largest absolute Gasteiger partial charge is 0.355 e. The van der Waals surface area contributed by atoms with E-state index in [9.17, 15) is 0 Å². The van der Waals surface area contributed by atoms with Crippen molar-refractivity contribution in [2.75, 3.05) is 18.5 Å². The average Bonchev–Trinajstić information content (AvgIpc) is 2.48. The van der Waals surface area contributed by atoms with Gasteiger partial charge in [0.1, 0.15) is 5.82 Å². The van der Waals surface area contributed by atoms with Crippen molar-refractivity contribution in [3.8, 4) is 0 Å². The van der Waals surface area contributed by atoms with Gasteiger partial charge in [-0.3, -0.25) is 4.98 Å². The van der Waals surface area contributed by atoms with E-state index in [4.69, 9.17) is 0 Å². The molecule has 0 amide bonds. The zero-order valence-electron chi connectivity index (χ0n) is 12.2. The Bertz CT molecular complexity index is 357. The van der Waals surface area contributed by atoms with Crippen LogP contribution >= 0.6 is 0 Å². The summed E-state index contributed by atoms with van der Waals surface area (Å²) in [4.78, 5) is 11.4. The van der Waals surface area contributed by atoms with Gasteiger partial charge in [0, 0.05) is 19.6 Å². The lowest BCUT2D eigenvalue weighted by Crippen LogP contribution is -2.34. The van der Waals surface area contributed by atoms with Gasteiger partial charge >= 0.3 is 0 Å². The van der Waals surface area contributed by atoms with Gasteiger partial charge in [0.05, 0.1) is 18.1 Å². The molecule has 1 aromatic heterocycles. The van der Waals surface area contributed by atoms with E-state index in [2.05, 4.69) is 34.2 Å². The molecule has 0 aromatic carbocycles. The van der Waals surface area contributed by atoms with E-state index in [0.29, 0.717) is 6.04 Å². The van der Waals surface area contributed by atoms with Crippen molar-refractivity contribution in [2.24, 2.45) is 0 Å². The fourth-order valence-electron chi connectivity index (χ4n) is 2.67. The van der Waals surface area contributed by atoms with Gasteiger partial charge in [0.15, 0.2) is 0 Å². The van der Waals surface area contributed by atoms with E-state index in [-0.39, 0.29) is 0 Å². The molecule has 1 aliphatic rings. The summed E-state index contributed by atoms with van der Waals surface area (Å²) in [5.41, 5.74) is 1.02. The maximum absolute atomic E-state index is 4.56. The molecule has 0 spiro atoms. The second-order valence-electron chi connectivity index (χ2n) is 5.45. The Labute approximate surface area is 116 Å². The Kier molecular flexibility index (Phi) is 5.58. The number of aromatic nitrogens is 2. The highest BCUT2D eigenvalue weighted by atomic mass is 15.2. The van der Waals surface area contributed by atoms with Crippen LogP contribution in [0.25, 0.3) is 0 Å². The molecule has 0 unspecified atom stereocenters. The number of hydrogen-bond donors (Lipinski definition) is 1. The van der Waals surface area contributed by atoms with Crippen LogP contribution in [-0.2, 0) is 6.54 Å². The highest BCUT2D eigenvalue weighted by molar-refractivity contribution is 5.36. The Morgan fingerprint density at radius 2 is 2.00 bits per heavy atom. The molecule has 4 nitrogen and oxygen atoms in total. The third kappa shape index (κ3) is 4.16. The van der Waals surface area contributed by atoms with Gasteiger partial charge in [0.2, 0.25) is 0 Å². The normalized spacial score (nSPS) is 16.5. The van der Waals surface area contributed by atoms with Crippen molar-refractivity contribution in [2.45, 2.75) is 58.0 Å². The summed E-state index contributed by atoms with van der Waals surface area (Å²) in [5.74, 6) is 1.01. The monoisotopic (exact) mass is 262 g/mol. The van der Waals surface area contributed by atoms with Crippen LogP contribution in [0.1, 0.15) is 51.1 Å². The van der Waals surface area contributed by atoms with E-state index in [1.807, 2.05) is 12.4 Å². The van der Waals surface area contributed by atoms with Gasteiger partial charge in [-0.25, -0.2) is 4.98 Å². The molecule has 106 valence electrons. The van der Waals surface area contributed by atoms with Crippen LogP contribution in [0.4, 0.5) is 5.82 Å². The molecule has 1 aliphatic carbocycles. The maximum atomic E-state index is 4.56. The molecule has 1 N–H and O–H groups in total. The summed E-state index contributed by atoms with van der Waals surface area (Å²) in [6.45, 7) is 4.01. The Morgan fingerprint density at radius 1 is 1.21 bits per heavy atom.